The molecule has 326 valence electrons. The summed E-state index contributed by atoms with van der Waals surface area (Å²) in [5, 5.41) is 0. The van der Waals surface area contributed by atoms with Crippen LogP contribution in [0.15, 0.2) is 0 Å². The van der Waals surface area contributed by atoms with E-state index in [0.29, 0.717) is 19.3 Å². The molecule has 0 saturated heterocycles. The molecule has 0 aliphatic rings. The smallest absolute Gasteiger partial charge is 0.306 e. The van der Waals surface area contributed by atoms with Crippen LogP contribution in [0.25, 0.3) is 0 Å². The lowest BCUT2D eigenvalue weighted by atomic mass is 10.0. The molecule has 0 amide bonds. The monoisotopic (exact) mass is 779 g/mol. The number of hydrogen-bond acceptors (Lipinski definition) is 6. The molecule has 0 unspecified atom stereocenters. The predicted octanol–water partition coefficient (Wildman–Crippen LogP) is 15.5. The van der Waals surface area contributed by atoms with Crippen molar-refractivity contribution in [2.45, 2.75) is 278 Å². The highest BCUT2D eigenvalue weighted by atomic mass is 16.6. The molecule has 0 aliphatic heterocycles. The molecule has 0 aromatic carbocycles. The highest BCUT2D eigenvalue weighted by Crippen LogP contribution is 2.16. The van der Waals surface area contributed by atoms with E-state index in [1.165, 1.54) is 167 Å². The molecule has 0 saturated carbocycles. The number of rotatable bonds is 44. The first-order valence-electron chi connectivity index (χ1n) is 24.4. The minimum atomic E-state index is -0.760. The van der Waals surface area contributed by atoms with Gasteiger partial charge < -0.3 is 14.2 Å². The largest absolute Gasteiger partial charge is 0.462 e. The molecule has 0 heterocycles. The molecule has 0 aromatic rings. The summed E-state index contributed by atoms with van der Waals surface area (Å²) in [6.45, 7) is 8.94. The maximum absolute atomic E-state index is 12.7. The summed E-state index contributed by atoms with van der Waals surface area (Å²) in [6.07, 6.45) is 43.8. The van der Waals surface area contributed by atoms with Crippen molar-refractivity contribution in [3.63, 3.8) is 0 Å². The summed E-state index contributed by atoms with van der Waals surface area (Å²) < 4.78 is 16.7. The molecule has 0 radical (unpaired) electrons. The summed E-state index contributed by atoms with van der Waals surface area (Å²) in [7, 11) is 0. The van der Waals surface area contributed by atoms with E-state index in [9.17, 15) is 14.4 Å². The van der Waals surface area contributed by atoms with Gasteiger partial charge in [0.05, 0.1) is 0 Å². The minimum Gasteiger partial charge on any atom is -0.462 e. The molecule has 55 heavy (non-hydrogen) atoms. The summed E-state index contributed by atoms with van der Waals surface area (Å²) in [5.74, 6) is -0.0904. The molecule has 0 bridgehead atoms. The van der Waals surface area contributed by atoms with Crippen LogP contribution in [0.4, 0.5) is 0 Å². The number of carbonyl (C=O) groups is 3. The van der Waals surface area contributed by atoms with Crippen molar-refractivity contribution >= 4 is 17.9 Å². The second-order valence-corrected chi connectivity index (χ2v) is 17.2. The van der Waals surface area contributed by atoms with Gasteiger partial charge in [-0.2, -0.15) is 0 Å². The number of ether oxygens (including phenoxy) is 3. The van der Waals surface area contributed by atoms with Crippen molar-refractivity contribution in [1.29, 1.82) is 0 Å². The van der Waals surface area contributed by atoms with Crippen molar-refractivity contribution in [2.75, 3.05) is 13.2 Å². The van der Waals surface area contributed by atoms with Crippen molar-refractivity contribution in [3.8, 4) is 0 Å². The standard InChI is InChI=1S/C49H94O6/c1-5-7-9-11-13-15-17-19-20-21-22-24-26-28-34-38-42-49(52)55-46(44-54-48(51)41-37-33-30-29-31-35-39-45(3)4)43-53-47(50)40-36-32-27-25-23-18-16-14-12-10-8-6-2/h45-46H,5-44H2,1-4H3/t46-/m0/s1. The van der Waals surface area contributed by atoms with Gasteiger partial charge in [-0.3, -0.25) is 14.4 Å². The lowest BCUT2D eigenvalue weighted by Crippen LogP contribution is -2.30. The quantitative estimate of drug-likeness (QED) is 0.0348. The van der Waals surface area contributed by atoms with E-state index in [1.54, 1.807) is 0 Å². The van der Waals surface area contributed by atoms with Gasteiger partial charge in [-0.15, -0.1) is 0 Å². The van der Waals surface area contributed by atoms with Crippen LogP contribution in [0.1, 0.15) is 272 Å². The van der Waals surface area contributed by atoms with Gasteiger partial charge in [0.1, 0.15) is 13.2 Å². The van der Waals surface area contributed by atoms with E-state index in [-0.39, 0.29) is 31.1 Å². The molecule has 1 atom stereocenters. The average molecular weight is 779 g/mol. The van der Waals surface area contributed by atoms with Gasteiger partial charge in [0.15, 0.2) is 6.10 Å². The Morgan fingerprint density at radius 2 is 0.600 bits per heavy atom. The first kappa shape index (κ1) is 53.4. The zero-order chi connectivity index (χ0) is 40.3. The normalized spacial score (nSPS) is 11.9. The fourth-order valence-electron chi connectivity index (χ4n) is 7.33. The van der Waals surface area contributed by atoms with Gasteiger partial charge in [-0.1, -0.05) is 233 Å². The van der Waals surface area contributed by atoms with Crippen LogP contribution >= 0.6 is 0 Å². The third-order valence-corrected chi connectivity index (χ3v) is 11.0. The Balaban J connectivity index is 4.28. The summed E-state index contributed by atoms with van der Waals surface area (Å²) in [5.41, 5.74) is 0. The Labute approximate surface area is 342 Å². The van der Waals surface area contributed by atoms with Crippen LogP contribution < -0.4 is 0 Å². The van der Waals surface area contributed by atoms with E-state index in [2.05, 4.69) is 27.7 Å². The van der Waals surface area contributed by atoms with Crippen molar-refractivity contribution in [1.82, 2.24) is 0 Å². The molecule has 0 fully saturated rings. The summed E-state index contributed by atoms with van der Waals surface area (Å²) in [4.78, 5) is 37.8. The molecule has 0 aromatic heterocycles. The van der Waals surface area contributed by atoms with Crippen LogP contribution in [0, 0.1) is 5.92 Å². The molecule has 6 nitrogen and oxygen atoms in total. The van der Waals surface area contributed by atoms with E-state index >= 15 is 0 Å². The third-order valence-electron chi connectivity index (χ3n) is 11.0. The first-order chi connectivity index (χ1) is 26.9. The molecule has 0 spiro atoms. The maximum Gasteiger partial charge on any atom is 0.306 e. The van der Waals surface area contributed by atoms with Crippen LogP contribution in [-0.4, -0.2) is 37.2 Å². The summed E-state index contributed by atoms with van der Waals surface area (Å²) >= 11 is 0. The molecular formula is C49H94O6. The Morgan fingerprint density at radius 1 is 0.345 bits per heavy atom. The van der Waals surface area contributed by atoms with Gasteiger partial charge in [0.25, 0.3) is 0 Å². The Morgan fingerprint density at radius 3 is 0.891 bits per heavy atom. The summed E-state index contributed by atoms with van der Waals surface area (Å²) in [6, 6.07) is 0. The van der Waals surface area contributed by atoms with Gasteiger partial charge in [-0.05, 0) is 25.2 Å². The van der Waals surface area contributed by atoms with E-state index in [1.807, 2.05) is 0 Å². The minimum absolute atomic E-state index is 0.0640. The van der Waals surface area contributed by atoms with Crippen LogP contribution in [-0.2, 0) is 28.6 Å². The Hall–Kier alpha value is -1.59. The number of unbranched alkanes of at least 4 members (excludes halogenated alkanes) is 31. The number of hydrogen-bond donors (Lipinski definition) is 0. The fraction of sp³-hybridized carbons (Fsp3) is 0.939. The molecule has 0 aliphatic carbocycles. The van der Waals surface area contributed by atoms with Gasteiger partial charge in [-0.25, -0.2) is 0 Å². The number of carbonyl (C=O) groups excluding carboxylic acids is 3. The van der Waals surface area contributed by atoms with Crippen LogP contribution in [0.3, 0.4) is 0 Å². The van der Waals surface area contributed by atoms with Crippen molar-refractivity contribution in [3.05, 3.63) is 0 Å². The van der Waals surface area contributed by atoms with Crippen LogP contribution in [0.5, 0.6) is 0 Å². The van der Waals surface area contributed by atoms with E-state index in [0.717, 1.165) is 63.7 Å². The molecule has 0 N–H and O–H groups in total. The first-order valence-corrected chi connectivity index (χ1v) is 24.4. The fourth-order valence-corrected chi connectivity index (χ4v) is 7.33. The zero-order valence-corrected chi connectivity index (χ0v) is 37.4. The second-order valence-electron chi connectivity index (χ2n) is 17.2. The molecular weight excluding hydrogens is 685 g/mol. The Kier molecular flexibility index (Phi) is 42.3. The average Bonchev–Trinajstić information content (AvgIpc) is 3.17. The van der Waals surface area contributed by atoms with Gasteiger partial charge in [0, 0.05) is 19.3 Å². The van der Waals surface area contributed by atoms with Crippen molar-refractivity contribution < 1.29 is 28.6 Å². The highest BCUT2D eigenvalue weighted by molar-refractivity contribution is 5.71. The van der Waals surface area contributed by atoms with Gasteiger partial charge >= 0.3 is 17.9 Å². The SMILES string of the molecule is CCCCCCCCCCCCCCCCCCC(=O)O[C@@H](COC(=O)CCCCCCCCCCCCCC)COC(=O)CCCCCCCCC(C)C. The lowest BCUT2D eigenvalue weighted by molar-refractivity contribution is -0.167. The second kappa shape index (κ2) is 43.5. The maximum atomic E-state index is 12.7. The van der Waals surface area contributed by atoms with Gasteiger partial charge in [0.2, 0.25) is 0 Å². The third kappa shape index (κ3) is 43.4. The van der Waals surface area contributed by atoms with Crippen LogP contribution in [0.2, 0.25) is 0 Å². The van der Waals surface area contributed by atoms with E-state index in [4.69, 9.17) is 14.2 Å². The molecule has 6 heteroatoms. The van der Waals surface area contributed by atoms with Crippen molar-refractivity contribution in [2.24, 2.45) is 5.92 Å². The lowest BCUT2D eigenvalue weighted by Gasteiger charge is -2.18. The molecule has 0 rings (SSSR count). The Bertz CT molecular complexity index is 826. The predicted molar refractivity (Wildman–Crippen MR) is 233 cm³/mol. The zero-order valence-electron chi connectivity index (χ0n) is 37.4. The topological polar surface area (TPSA) is 78.9 Å². The number of esters is 3. The highest BCUT2D eigenvalue weighted by Gasteiger charge is 2.19. The van der Waals surface area contributed by atoms with E-state index < -0.39 is 6.10 Å².